The summed E-state index contributed by atoms with van der Waals surface area (Å²) in [6, 6.07) is 30.9. The molecule has 11 N–H and O–H groups in total. The van der Waals surface area contributed by atoms with Gasteiger partial charge in [-0.3, -0.25) is 0 Å². The van der Waals surface area contributed by atoms with Gasteiger partial charge in [0, 0.05) is 152 Å². The molecule has 608 valence electrons. The zero-order valence-electron chi connectivity index (χ0n) is 66.0. The minimum Gasteiger partial charge on any atom is -0.487 e. The summed E-state index contributed by atoms with van der Waals surface area (Å²) in [6.07, 6.45) is 9.97. The molecule has 0 saturated heterocycles. The van der Waals surface area contributed by atoms with Crippen molar-refractivity contribution in [1.29, 1.82) is 0 Å². The maximum absolute atomic E-state index is 14.1. The molecule has 16 atom stereocenters. The van der Waals surface area contributed by atoms with Crippen LogP contribution in [0.2, 0.25) is 0 Å². The molecule has 116 heavy (non-hydrogen) atoms. The number of hydrogen-bond acceptors (Lipinski definition) is 20. The van der Waals surface area contributed by atoms with Crippen molar-refractivity contribution in [3.05, 3.63) is 237 Å². The standard InChI is InChI=1S/2C23H27N3O3.2C22H24FN3O3/c1-13-9-15-4-6-24-12-17(15)19(10-13)29-20-11-18(21(27)22(20)28)26-8-5-16-14(2)3-7-25-23(16)26;1-14-6-9-24-23-16(14)8-11-26(23)18-12-20(22(28)21(18)27)29-19-5-3-4-15-13-25(2)10-7-17(15)19;1-12-2-6-25-22-15(12)4-7-26(22)17-10-19(21(28)20(17)27)29-18-9-14(23)8-13-3-5-24-11-16(13)18;1-12-4-8-25-22-13(12)6-9-26(22)17-10-19(21(28)20(17)27)29-18-3-2-16(23)14-5-7-24-11-15(14)18/h3,5,7-10,18,20-22,24,27-28H,4,6,11-12H2,1-2H3;3-6,8-9,11,18,20-22,27-28H,7,10,12-13H2,1-2H3;2,4,6-9,17,19-21,24,27-28H,3,5,10-11H2,1H3;2-4,6,8-9,17,19-21,24,27-28H,5,7,10-11H2,1H3/t2*18?,20?,21-,22+;2*17?,19?,20-,21+/m0000/s1. The van der Waals surface area contributed by atoms with Crippen LogP contribution in [0.3, 0.4) is 0 Å². The number of pyridine rings is 4. The Labute approximate surface area is 671 Å². The highest BCUT2D eigenvalue weighted by Gasteiger charge is 2.49. The number of likely N-dealkylation sites (N-methyl/N-ethyl adjacent to an activating group) is 1. The summed E-state index contributed by atoms with van der Waals surface area (Å²) in [4.78, 5) is 20.2. The smallest absolute Gasteiger partial charge is 0.140 e. The van der Waals surface area contributed by atoms with Crippen molar-refractivity contribution in [2.45, 2.75) is 210 Å². The molecular weight excluding hydrogens is 1480 g/mol. The quantitative estimate of drug-likeness (QED) is 0.0542. The maximum Gasteiger partial charge on any atom is 0.140 e. The van der Waals surface area contributed by atoms with Crippen LogP contribution in [0.4, 0.5) is 8.78 Å². The highest BCUT2D eigenvalue weighted by atomic mass is 19.1. The summed E-state index contributed by atoms with van der Waals surface area (Å²) in [7, 11) is 2.12. The van der Waals surface area contributed by atoms with Gasteiger partial charge in [0.05, 0.1) is 24.2 Å². The van der Waals surface area contributed by atoms with Gasteiger partial charge in [-0.15, -0.1) is 0 Å². The molecule has 8 unspecified atom stereocenters. The van der Waals surface area contributed by atoms with Crippen LogP contribution in [0.1, 0.15) is 122 Å². The highest BCUT2D eigenvalue weighted by molar-refractivity contribution is 5.82. The Hall–Kier alpha value is -9.78. The van der Waals surface area contributed by atoms with Crippen LogP contribution in [0.25, 0.3) is 44.1 Å². The van der Waals surface area contributed by atoms with Gasteiger partial charge in [-0.1, -0.05) is 18.2 Å². The van der Waals surface area contributed by atoms with Crippen molar-refractivity contribution in [2.75, 3.05) is 33.2 Å². The molecule has 0 amide bonds. The van der Waals surface area contributed by atoms with Gasteiger partial charge in [-0.2, -0.15) is 0 Å². The average molecular weight is 1580 g/mol. The van der Waals surface area contributed by atoms with Crippen molar-refractivity contribution in [3.8, 4) is 23.0 Å². The van der Waals surface area contributed by atoms with Gasteiger partial charge >= 0.3 is 0 Å². The Morgan fingerprint density at radius 2 is 0.750 bits per heavy atom. The minimum absolute atomic E-state index is 0.223. The summed E-state index contributed by atoms with van der Waals surface area (Å²) in [5.74, 6) is 2.09. The van der Waals surface area contributed by atoms with Crippen LogP contribution in [0.15, 0.2) is 153 Å². The number of rotatable bonds is 12. The predicted molar refractivity (Wildman–Crippen MR) is 435 cm³/mol. The van der Waals surface area contributed by atoms with E-state index in [2.05, 4.69) is 80.7 Å². The third-order valence-electron chi connectivity index (χ3n) is 25.3. The third kappa shape index (κ3) is 15.1. The van der Waals surface area contributed by atoms with E-state index in [9.17, 15) is 49.6 Å². The lowest BCUT2D eigenvalue weighted by Crippen LogP contribution is -2.35. The van der Waals surface area contributed by atoms with Gasteiger partial charge in [0.1, 0.15) is 130 Å². The lowest BCUT2D eigenvalue weighted by atomic mass is 9.97. The SMILES string of the molecule is Cc1cc2c(c(OC3CC(n4ccc5c(C)ccnc54)[C@H](O)[C@@H]3O)c1)CNCC2.Cc1ccnc2c1ccn2C1CC(Oc2cc(F)cc3c2CNCC3)[C@@H](O)[C@H]1O.Cc1ccnc2c1ccn2C1CC(Oc2ccc(F)c3c2CNCC3)[C@@H](O)[C@H]1O.Cc1ccnc2c1ccn2C1CC(Oc2cccc3c2CCN(C)C3)[C@@H](O)[C@H]1O. The molecule has 12 heterocycles. The van der Waals surface area contributed by atoms with Crippen molar-refractivity contribution in [2.24, 2.45) is 0 Å². The lowest BCUT2D eigenvalue weighted by Gasteiger charge is -2.28. The molecule has 8 aromatic heterocycles. The van der Waals surface area contributed by atoms with Crippen molar-refractivity contribution < 1.29 is 68.6 Å². The Kier molecular flexibility index (Phi) is 22.4. The third-order valence-corrected chi connectivity index (χ3v) is 25.3. The van der Waals surface area contributed by atoms with E-state index < -0.39 is 73.2 Å². The maximum atomic E-state index is 14.1. The topological polar surface area (TPSA) is 309 Å². The van der Waals surface area contributed by atoms with E-state index >= 15 is 0 Å². The summed E-state index contributed by atoms with van der Waals surface area (Å²) < 4.78 is 60.8. The molecule has 0 spiro atoms. The number of ether oxygens (including phenoxy) is 4. The van der Waals surface area contributed by atoms with Crippen LogP contribution in [-0.4, -0.2) is 190 Å². The Bertz CT molecular complexity index is 5430. The number of nitrogens with zero attached hydrogens (tertiary/aromatic N) is 9. The number of aryl methyl sites for hydroxylation is 5. The summed E-state index contributed by atoms with van der Waals surface area (Å²) in [5, 5.41) is 100. The molecule has 4 aromatic carbocycles. The number of aliphatic hydroxyl groups is 8. The van der Waals surface area contributed by atoms with Crippen LogP contribution in [0, 0.1) is 46.3 Å². The zero-order chi connectivity index (χ0) is 80.5. The van der Waals surface area contributed by atoms with Crippen LogP contribution < -0.4 is 34.9 Å². The number of aliphatic hydroxyl groups excluding tert-OH is 8. The van der Waals surface area contributed by atoms with Crippen LogP contribution >= 0.6 is 0 Å². The fourth-order valence-corrected chi connectivity index (χ4v) is 18.9. The summed E-state index contributed by atoms with van der Waals surface area (Å²) in [6.45, 7) is 16.5. The molecule has 0 bridgehead atoms. The van der Waals surface area contributed by atoms with E-state index in [1.165, 1.54) is 28.8 Å². The monoisotopic (exact) mass is 1580 g/mol. The van der Waals surface area contributed by atoms with Crippen molar-refractivity contribution in [1.82, 2.24) is 59.1 Å². The lowest BCUT2D eigenvalue weighted by molar-refractivity contribution is -0.0167. The predicted octanol–water partition coefficient (Wildman–Crippen LogP) is 9.35. The minimum atomic E-state index is -1.07. The molecule has 0 radical (unpaired) electrons. The molecule has 8 aliphatic rings. The second-order valence-corrected chi connectivity index (χ2v) is 32.7. The normalized spacial score (nSPS) is 26.8. The number of fused-ring (bicyclic) bond motifs is 8. The first-order chi connectivity index (χ1) is 56.1. The van der Waals surface area contributed by atoms with Gasteiger partial charge in [0.2, 0.25) is 0 Å². The molecular formula is C90H102F2N12O12. The number of benzene rings is 4. The Balaban J connectivity index is 0.000000111. The number of nitrogens with one attached hydrogen (secondary N) is 3. The first-order valence-electron chi connectivity index (χ1n) is 40.6. The second kappa shape index (κ2) is 33.0. The molecule has 4 fully saturated rings. The molecule has 4 aliphatic carbocycles. The molecule has 20 rings (SSSR count). The van der Waals surface area contributed by atoms with Gasteiger partial charge in [-0.25, -0.2) is 28.7 Å². The number of hydrogen-bond donors (Lipinski definition) is 11. The summed E-state index contributed by atoms with van der Waals surface area (Å²) >= 11 is 0. The largest absolute Gasteiger partial charge is 0.487 e. The van der Waals surface area contributed by atoms with E-state index in [0.29, 0.717) is 62.3 Å². The van der Waals surface area contributed by atoms with Crippen LogP contribution in [-0.2, 0) is 51.9 Å². The van der Waals surface area contributed by atoms with E-state index in [0.717, 1.165) is 164 Å². The van der Waals surface area contributed by atoms with Gasteiger partial charge in [0.15, 0.2) is 0 Å². The Morgan fingerprint density at radius 3 is 1.18 bits per heavy atom. The second-order valence-electron chi connectivity index (χ2n) is 32.7. The van der Waals surface area contributed by atoms with Crippen molar-refractivity contribution in [3.63, 3.8) is 0 Å². The first-order valence-corrected chi connectivity index (χ1v) is 40.6. The fourth-order valence-electron chi connectivity index (χ4n) is 18.9. The zero-order valence-corrected chi connectivity index (χ0v) is 66.0. The molecule has 24 nitrogen and oxygen atoms in total. The number of halogens is 2. The summed E-state index contributed by atoms with van der Waals surface area (Å²) in [5.41, 5.74) is 17.2. The fraction of sp³-hybridized carbons (Fsp3) is 0.422. The highest BCUT2D eigenvalue weighted by Crippen LogP contribution is 2.44. The van der Waals surface area contributed by atoms with E-state index in [4.69, 9.17) is 18.9 Å². The Morgan fingerprint density at radius 1 is 0.371 bits per heavy atom. The first kappa shape index (κ1) is 78.7. The van der Waals surface area contributed by atoms with Gasteiger partial charge < -0.3 is 98.9 Å². The number of aromatic nitrogens is 8. The molecule has 26 heteroatoms. The molecule has 12 aromatic rings. The van der Waals surface area contributed by atoms with Crippen molar-refractivity contribution >= 4 is 44.1 Å². The van der Waals surface area contributed by atoms with E-state index in [-0.39, 0.29) is 35.8 Å². The van der Waals surface area contributed by atoms with E-state index in [1.807, 2.05) is 124 Å². The van der Waals surface area contributed by atoms with Gasteiger partial charge in [0.25, 0.3) is 0 Å². The molecule has 4 saturated carbocycles. The van der Waals surface area contributed by atoms with E-state index in [1.54, 1.807) is 36.9 Å². The van der Waals surface area contributed by atoms with Crippen LogP contribution in [0.5, 0.6) is 23.0 Å². The average Bonchev–Trinajstić information content (AvgIpc) is 1.62. The molecule has 4 aliphatic heterocycles. The van der Waals surface area contributed by atoms with Gasteiger partial charge in [-0.05, 0) is 221 Å².